The zero-order chi connectivity index (χ0) is 14.5. The molecule has 2 rings (SSSR count). The largest absolute Gasteiger partial charge is 0.298 e. The molecule has 0 fully saturated rings. The maximum atomic E-state index is 13.0. The van der Waals surface area contributed by atoms with E-state index in [1.165, 1.54) is 29.5 Å². The maximum absolute atomic E-state index is 13.0. The number of hydrogen-bond donors (Lipinski definition) is 0. The van der Waals surface area contributed by atoms with Gasteiger partial charge in [-0.2, -0.15) is 0 Å². The van der Waals surface area contributed by atoms with E-state index >= 15 is 0 Å². The highest BCUT2D eigenvalue weighted by molar-refractivity contribution is 8.00. The summed E-state index contributed by atoms with van der Waals surface area (Å²) in [6.07, 6.45) is 0.277. The SMILES string of the molecule is Cc1ccc(SCC(=O)Cc2ccc(F)c(Cl)c2)cc1. The normalized spacial score (nSPS) is 10.6. The topological polar surface area (TPSA) is 17.1 Å². The van der Waals surface area contributed by atoms with Gasteiger partial charge in [0.1, 0.15) is 11.6 Å². The van der Waals surface area contributed by atoms with Crippen LogP contribution in [0.15, 0.2) is 47.4 Å². The molecule has 0 aliphatic rings. The lowest BCUT2D eigenvalue weighted by molar-refractivity contribution is -0.116. The molecule has 20 heavy (non-hydrogen) atoms. The Morgan fingerprint density at radius 2 is 1.90 bits per heavy atom. The molecule has 0 bridgehead atoms. The Morgan fingerprint density at radius 1 is 1.20 bits per heavy atom. The minimum atomic E-state index is -0.461. The summed E-state index contributed by atoms with van der Waals surface area (Å²) in [7, 11) is 0. The Labute approximate surface area is 127 Å². The van der Waals surface area contributed by atoms with E-state index in [0.29, 0.717) is 5.75 Å². The molecule has 0 saturated heterocycles. The van der Waals surface area contributed by atoms with Crippen molar-refractivity contribution in [2.24, 2.45) is 0 Å². The standard InChI is InChI=1S/C16H14ClFOS/c1-11-2-5-14(6-3-11)20-10-13(19)8-12-4-7-16(18)15(17)9-12/h2-7,9H,8,10H2,1H3. The van der Waals surface area contributed by atoms with Crippen molar-refractivity contribution in [3.63, 3.8) is 0 Å². The van der Waals surface area contributed by atoms with Crippen molar-refractivity contribution < 1.29 is 9.18 Å². The first-order valence-corrected chi connectivity index (χ1v) is 7.56. The average molecular weight is 309 g/mol. The third kappa shape index (κ3) is 4.36. The van der Waals surface area contributed by atoms with E-state index in [1.54, 1.807) is 6.07 Å². The summed E-state index contributed by atoms with van der Waals surface area (Å²) in [5, 5.41) is 0.0569. The van der Waals surface area contributed by atoms with E-state index in [4.69, 9.17) is 11.6 Å². The molecule has 0 aliphatic carbocycles. The summed E-state index contributed by atoms with van der Waals surface area (Å²) < 4.78 is 13.0. The van der Waals surface area contributed by atoms with E-state index in [-0.39, 0.29) is 17.2 Å². The Hall–Kier alpha value is -1.32. The van der Waals surface area contributed by atoms with Crippen LogP contribution >= 0.6 is 23.4 Å². The van der Waals surface area contributed by atoms with Crippen LogP contribution in [0.3, 0.4) is 0 Å². The lowest BCUT2D eigenvalue weighted by Crippen LogP contribution is -2.05. The van der Waals surface area contributed by atoms with Crippen LogP contribution in [0.1, 0.15) is 11.1 Å². The van der Waals surface area contributed by atoms with Gasteiger partial charge in [-0.3, -0.25) is 4.79 Å². The van der Waals surface area contributed by atoms with Crippen LogP contribution in [0, 0.1) is 12.7 Å². The summed E-state index contributed by atoms with van der Waals surface area (Å²) in [4.78, 5) is 13.0. The Morgan fingerprint density at radius 3 is 2.55 bits per heavy atom. The summed E-state index contributed by atoms with van der Waals surface area (Å²) in [6, 6.07) is 12.4. The molecule has 0 N–H and O–H groups in total. The Balaban J connectivity index is 1.89. The molecule has 0 unspecified atom stereocenters. The third-order valence-corrected chi connectivity index (χ3v) is 4.17. The molecule has 0 aliphatic heterocycles. The number of carbonyl (C=O) groups excluding carboxylic acids is 1. The number of aryl methyl sites for hydroxylation is 1. The van der Waals surface area contributed by atoms with Crippen LogP contribution in [0.2, 0.25) is 5.02 Å². The van der Waals surface area contributed by atoms with Gasteiger partial charge in [0, 0.05) is 11.3 Å². The van der Waals surface area contributed by atoms with Crippen LogP contribution in [-0.4, -0.2) is 11.5 Å². The quantitative estimate of drug-likeness (QED) is 0.745. The van der Waals surface area contributed by atoms with Gasteiger partial charge in [0.15, 0.2) is 0 Å². The van der Waals surface area contributed by atoms with Gasteiger partial charge in [0.25, 0.3) is 0 Å². The van der Waals surface area contributed by atoms with E-state index < -0.39 is 5.82 Å². The minimum Gasteiger partial charge on any atom is -0.298 e. The van der Waals surface area contributed by atoms with Gasteiger partial charge < -0.3 is 0 Å². The van der Waals surface area contributed by atoms with Crippen molar-refractivity contribution in [3.8, 4) is 0 Å². The molecule has 2 aromatic rings. The lowest BCUT2D eigenvalue weighted by atomic mass is 10.1. The highest BCUT2D eigenvalue weighted by Gasteiger charge is 2.07. The van der Waals surface area contributed by atoms with E-state index in [1.807, 2.05) is 31.2 Å². The Kier molecular flexibility index (Phi) is 5.21. The zero-order valence-corrected chi connectivity index (χ0v) is 12.6. The smallest absolute Gasteiger partial charge is 0.147 e. The van der Waals surface area contributed by atoms with Gasteiger partial charge in [0.05, 0.1) is 10.8 Å². The second-order valence-electron chi connectivity index (χ2n) is 4.57. The molecule has 0 radical (unpaired) electrons. The molecule has 4 heteroatoms. The van der Waals surface area contributed by atoms with Gasteiger partial charge in [0.2, 0.25) is 0 Å². The summed E-state index contributed by atoms with van der Waals surface area (Å²) in [5.74, 6) is 0.0352. The molecule has 0 heterocycles. The van der Waals surface area contributed by atoms with Crippen molar-refractivity contribution in [1.29, 1.82) is 0 Å². The van der Waals surface area contributed by atoms with Gasteiger partial charge in [-0.15, -0.1) is 11.8 Å². The van der Waals surface area contributed by atoms with Crippen molar-refractivity contribution in [2.45, 2.75) is 18.2 Å². The molecule has 0 amide bonds. The highest BCUT2D eigenvalue weighted by Crippen LogP contribution is 2.20. The molecule has 2 aromatic carbocycles. The fourth-order valence-electron chi connectivity index (χ4n) is 1.73. The van der Waals surface area contributed by atoms with Crippen LogP contribution in [0.4, 0.5) is 4.39 Å². The number of halogens is 2. The number of benzene rings is 2. The summed E-state index contributed by atoms with van der Waals surface area (Å²) >= 11 is 7.20. The van der Waals surface area contributed by atoms with Crippen LogP contribution < -0.4 is 0 Å². The highest BCUT2D eigenvalue weighted by atomic mass is 35.5. The molecule has 0 saturated carbocycles. The molecule has 104 valence electrons. The number of ketones is 1. The second kappa shape index (κ2) is 6.91. The van der Waals surface area contributed by atoms with Crippen LogP contribution in [-0.2, 0) is 11.2 Å². The number of thioether (sulfide) groups is 1. The third-order valence-electron chi connectivity index (χ3n) is 2.81. The fourth-order valence-corrected chi connectivity index (χ4v) is 2.69. The lowest BCUT2D eigenvalue weighted by Gasteiger charge is -2.03. The van der Waals surface area contributed by atoms with E-state index in [9.17, 15) is 9.18 Å². The van der Waals surface area contributed by atoms with Crippen molar-refractivity contribution >= 4 is 29.1 Å². The molecule has 0 atom stereocenters. The van der Waals surface area contributed by atoms with Crippen molar-refractivity contribution in [2.75, 3.05) is 5.75 Å². The molecule has 0 spiro atoms. The average Bonchev–Trinajstić information content (AvgIpc) is 2.42. The van der Waals surface area contributed by atoms with E-state index in [2.05, 4.69) is 0 Å². The van der Waals surface area contributed by atoms with Crippen LogP contribution in [0.25, 0.3) is 0 Å². The van der Waals surface area contributed by atoms with Gasteiger partial charge in [-0.25, -0.2) is 4.39 Å². The van der Waals surface area contributed by atoms with Crippen molar-refractivity contribution in [1.82, 2.24) is 0 Å². The molecule has 0 aromatic heterocycles. The number of rotatable bonds is 5. The zero-order valence-electron chi connectivity index (χ0n) is 11.0. The van der Waals surface area contributed by atoms with Gasteiger partial charge in [-0.05, 0) is 36.8 Å². The molecular formula is C16H14ClFOS. The van der Waals surface area contributed by atoms with Crippen molar-refractivity contribution in [3.05, 3.63) is 64.4 Å². The fraction of sp³-hybridized carbons (Fsp3) is 0.188. The minimum absolute atomic E-state index is 0.0569. The number of hydrogen-bond acceptors (Lipinski definition) is 2. The molecular weight excluding hydrogens is 295 g/mol. The summed E-state index contributed by atoms with van der Waals surface area (Å²) in [6.45, 7) is 2.03. The second-order valence-corrected chi connectivity index (χ2v) is 6.02. The first kappa shape index (κ1) is 15.1. The predicted molar refractivity (Wildman–Crippen MR) is 82.0 cm³/mol. The van der Waals surface area contributed by atoms with E-state index in [0.717, 1.165) is 10.5 Å². The summed E-state index contributed by atoms with van der Waals surface area (Å²) in [5.41, 5.74) is 1.94. The van der Waals surface area contributed by atoms with Gasteiger partial charge in [-0.1, -0.05) is 35.4 Å². The number of carbonyl (C=O) groups is 1. The first-order valence-electron chi connectivity index (χ1n) is 6.19. The Bertz CT molecular complexity index is 610. The van der Waals surface area contributed by atoms with Crippen LogP contribution in [0.5, 0.6) is 0 Å². The number of Topliss-reactive ketones (excluding diaryl/α,β-unsaturated/α-hetero) is 1. The monoisotopic (exact) mass is 308 g/mol. The van der Waals surface area contributed by atoms with Gasteiger partial charge >= 0.3 is 0 Å². The molecule has 1 nitrogen and oxygen atoms in total. The first-order chi connectivity index (χ1) is 9.54. The predicted octanol–water partition coefficient (Wildman–Crippen LogP) is 4.69. The maximum Gasteiger partial charge on any atom is 0.147 e.